The Balaban J connectivity index is 1.59. The van der Waals surface area contributed by atoms with Gasteiger partial charge in [0.05, 0.1) is 0 Å². The van der Waals surface area contributed by atoms with Crippen LogP contribution in [0.2, 0.25) is 0 Å². The molecule has 0 aliphatic carbocycles. The van der Waals surface area contributed by atoms with Crippen molar-refractivity contribution in [2.75, 3.05) is 19.6 Å². The number of nitrogens with one attached hydrogen (secondary N) is 1. The summed E-state index contributed by atoms with van der Waals surface area (Å²) < 4.78 is 5.76. The molecule has 4 heteroatoms. The molecule has 2 saturated heterocycles. The number of carbonyl (C=O) groups excluding carboxylic acids is 1. The van der Waals surface area contributed by atoms with Crippen molar-refractivity contribution in [3.63, 3.8) is 0 Å². The number of fused-ring (bicyclic) bond motifs is 1. The average molecular weight is 298 g/mol. The van der Waals surface area contributed by atoms with Crippen molar-refractivity contribution in [2.24, 2.45) is 5.41 Å². The van der Waals surface area contributed by atoms with Crippen LogP contribution in [-0.2, 0) is 0 Å². The third kappa shape index (κ3) is 2.22. The van der Waals surface area contributed by atoms with Gasteiger partial charge in [0, 0.05) is 18.0 Å². The first-order valence-corrected chi connectivity index (χ1v) is 8.17. The maximum absolute atomic E-state index is 12.9. The van der Waals surface area contributed by atoms with Crippen LogP contribution in [-0.4, -0.2) is 36.5 Å². The number of piperidine rings is 1. The van der Waals surface area contributed by atoms with Crippen molar-refractivity contribution >= 4 is 16.9 Å². The van der Waals surface area contributed by atoms with Gasteiger partial charge in [-0.3, -0.25) is 4.79 Å². The van der Waals surface area contributed by atoms with E-state index in [4.69, 9.17) is 4.42 Å². The molecule has 1 N–H and O–H groups in total. The Bertz CT molecular complexity index is 667. The van der Waals surface area contributed by atoms with Gasteiger partial charge in [0.2, 0.25) is 0 Å². The third-order valence-corrected chi connectivity index (χ3v) is 5.33. The summed E-state index contributed by atoms with van der Waals surface area (Å²) in [5.41, 5.74) is 1.10. The maximum atomic E-state index is 12.9. The topological polar surface area (TPSA) is 45.5 Å². The molecule has 0 radical (unpaired) electrons. The van der Waals surface area contributed by atoms with E-state index >= 15 is 0 Å². The lowest BCUT2D eigenvalue weighted by molar-refractivity contribution is 0.0694. The molecule has 2 aliphatic rings. The Morgan fingerprint density at radius 3 is 2.86 bits per heavy atom. The smallest absolute Gasteiger partial charge is 0.289 e. The molecule has 0 saturated carbocycles. The standard InChI is InChI=1S/C18H22N2O2/c1-13-11-18(6-8-19-9-7-18)12-20(13)17(21)16-10-14-4-2-3-5-15(14)22-16/h2-5,10,13,19H,6-9,11-12H2,1H3. The van der Waals surface area contributed by atoms with Gasteiger partial charge in [-0.15, -0.1) is 0 Å². The van der Waals surface area contributed by atoms with Crippen molar-refractivity contribution in [1.82, 2.24) is 10.2 Å². The van der Waals surface area contributed by atoms with Gasteiger partial charge in [0.25, 0.3) is 5.91 Å². The van der Waals surface area contributed by atoms with Crippen molar-refractivity contribution in [3.05, 3.63) is 36.1 Å². The molecule has 1 unspecified atom stereocenters. The van der Waals surface area contributed by atoms with Crippen LogP contribution in [0.1, 0.15) is 36.7 Å². The molecule has 2 aliphatic heterocycles. The van der Waals surface area contributed by atoms with E-state index in [1.54, 1.807) is 0 Å². The van der Waals surface area contributed by atoms with Crippen molar-refractivity contribution in [1.29, 1.82) is 0 Å². The number of para-hydroxylation sites is 1. The zero-order valence-corrected chi connectivity index (χ0v) is 13.0. The third-order valence-electron chi connectivity index (χ3n) is 5.33. The highest BCUT2D eigenvalue weighted by molar-refractivity contribution is 5.96. The molecule has 4 nitrogen and oxygen atoms in total. The Hall–Kier alpha value is -1.81. The van der Waals surface area contributed by atoms with Gasteiger partial charge in [0.15, 0.2) is 5.76 Å². The number of benzene rings is 1. The number of furan rings is 1. The summed E-state index contributed by atoms with van der Waals surface area (Å²) in [6.07, 6.45) is 3.45. The van der Waals surface area contributed by atoms with Gasteiger partial charge in [-0.1, -0.05) is 18.2 Å². The number of nitrogens with zero attached hydrogens (tertiary/aromatic N) is 1. The maximum Gasteiger partial charge on any atom is 0.289 e. The summed E-state index contributed by atoms with van der Waals surface area (Å²) >= 11 is 0. The lowest BCUT2D eigenvalue weighted by atomic mass is 9.77. The quantitative estimate of drug-likeness (QED) is 0.880. The molecule has 1 spiro atoms. The van der Waals surface area contributed by atoms with Gasteiger partial charge < -0.3 is 14.6 Å². The molecule has 2 fully saturated rings. The summed E-state index contributed by atoms with van der Waals surface area (Å²) in [6.45, 7) is 5.17. The molecule has 1 amide bonds. The molecular weight excluding hydrogens is 276 g/mol. The zero-order valence-electron chi connectivity index (χ0n) is 13.0. The minimum atomic E-state index is 0.0408. The monoisotopic (exact) mass is 298 g/mol. The number of likely N-dealkylation sites (tertiary alicyclic amines) is 1. The zero-order chi connectivity index (χ0) is 15.2. The Morgan fingerprint density at radius 1 is 1.32 bits per heavy atom. The predicted octanol–water partition coefficient (Wildman–Crippen LogP) is 3.04. The van der Waals surface area contributed by atoms with E-state index in [9.17, 15) is 4.79 Å². The number of hydrogen-bond acceptors (Lipinski definition) is 3. The molecule has 1 aromatic heterocycles. The van der Waals surface area contributed by atoms with E-state index in [1.807, 2.05) is 35.2 Å². The molecule has 116 valence electrons. The number of carbonyl (C=O) groups is 1. The van der Waals surface area contributed by atoms with Crippen LogP contribution in [0.4, 0.5) is 0 Å². The highest BCUT2D eigenvalue weighted by Gasteiger charge is 2.45. The lowest BCUT2D eigenvalue weighted by Gasteiger charge is -2.33. The SMILES string of the molecule is CC1CC2(CCNCC2)CN1C(=O)c1cc2ccccc2o1. The van der Waals surface area contributed by atoms with E-state index in [0.717, 1.165) is 37.0 Å². The Morgan fingerprint density at radius 2 is 2.09 bits per heavy atom. The molecule has 1 aromatic carbocycles. The molecule has 3 heterocycles. The van der Waals surface area contributed by atoms with Crippen LogP contribution in [0, 0.1) is 5.41 Å². The van der Waals surface area contributed by atoms with Crippen LogP contribution >= 0.6 is 0 Å². The fourth-order valence-corrected chi connectivity index (χ4v) is 4.14. The summed E-state index contributed by atoms with van der Waals surface area (Å²) in [5.74, 6) is 0.512. The first kappa shape index (κ1) is 13.8. The number of rotatable bonds is 1. The average Bonchev–Trinajstić information content (AvgIpc) is 3.09. The second kappa shape index (κ2) is 5.13. The lowest BCUT2D eigenvalue weighted by Crippen LogP contribution is -2.40. The molecule has 22 heavy (non-hydrogen) atoms. The summed E-state index contributed by atoms with van der Waals surface area (Å²) in [6, 6.07) is 9.96. The molecule has 4 rings (SSSR count). The van der Waals surface area contributed by atoms with Gasteiger partial charge in [-0.2, -0.15) is 0 Å². The molecule has 2 aromatic rings. The van der Waals surface area contributed by atoms with E-state index in [0.29, 0.717) is 17.2 Å². The Labute approximate surface area is 130 Å². The highest BCUT2D eigenvalue weighted by Crippen LogP contribution is 2.42. The first-order chi connectivity index (χ1) is 10.7. The minimum Gasteiger partial charge on any atom is -0.451 e. The first-order valence-electron chi connectivity index (χ1n) is 8.17. The normalized spacial score (nSPS) is 24.2. The van der Waals surface area contributed by atoms with E-state index < -0.39 is 0 Å². The van der Waals surface area contributed by atoms with Crippen LogP contribution in [0.15, 0.2) is 34.7 Å². The van der Waals surface area contributed by atoms with Crippen molar-refractivity contribution in [2.45, 2.75) is 32.2 Å². The molecular formula is C18H22N2O2. The number of hydrogen-bond donors (Lipinski definition) is 1. The summed E-state index contributed by atoms with van der Waals surface area (Å²) in [5, 5.41) is 4.42. The number of amides is 1. The second-order valence-electron chi connectivity index (χ2n) is 6.88. The molecule has 1 atom stereocenters. The highest BCUT2D eigenvalue weighted by atomic mass is 16.3. The fourth-order valence-electron chi connectivity index (χ4n) is 4.14. The van der Waals surface area contributed by atoms with Crippen LogP contribution < -0.4 is 5.32 Å². The van der Waals surface area contributed by atoms with Crippen LogP contribution in [0.25, 0.3) is 11.0 Å². The second-order valence-corrected chi connectivity index (χ2v) is 6.88. The van der Waals surface area contributed by atoms with E-state index in [2.05, 4.69) is 12.2 Å². The van der Waals surface area contributed by atoms with Crippen LogP contribution in [0.5, 0.6) is 0 Å². The Kier molecular flexibility index (Phi) is 3.22. The van der Waals surface area contributed by atoms with Gasteiger partial charge >= 0.3 is 0 Å². The minimum absolute atomic E-state index is 0.0408. The predicted molar refractivity (Wildman–Crippen MR) is 85.9 cm³/mol. The van der Waals surface area contributed by atoms with Crippen LogP contribution in [0.3, 0.4) is 0 Å². The fraction of sp³-hybridized carbons (Fsp3) is 0.500. The van der Waals surface area contributed by atoms with Crippen molar-refractivity contribution in [3.8, 4) is 0 Å². The summed E-state index contributed by atoms with van der Waals surface area (Å²) in [4.78, 5) is 14.9. The van der Waals surface area contributed by atoms with Gasteiger partial charge in [0.1, 0.15) is 5.58 Å². The van der Waals surface area contributed by atoms with E-state index in [-0.39, 0.29) is 5.91 Å². The van der Waals surface area contributed by atoms with Gasteiger partial charge in [-0.25, -0.2) is 0 Å². The molecule has 0 bridgehead atoms. The summed E-state index contributed by atoms with van der Waals surface area (Å²) in [7, 11) is 0. The van der Waals surface area contributed by atoms with Crippen molar-refractivity contribution < 1.29 is 9.21 Å². The van der Waals surface area contributed by atoms with E-state index in [1.165, 1.54) is 12.8 Å². The largest absolute Gasteiger partial charge is 0.451 e. The van der Waals surface area contributed by atoms with Gasteiger partial charge in [-0.05, 0) is 56.8 Å².